The molecule has 1 atom stereocenters. The summed E-state index contributed by atoms with van der Waals surface area (Å²) in [5.74, 6) is -0.329. The molecule has 0 fully saturated rings. The summed E-state index contributed by atoms with van der Waals surface area (Å²) in [5, 5.41) is 10.7. The van der Waals surface area contributed by atoms with Crippen LogP contribution >= 0.6 is 0 Å². The maximum atomic E-state index is 13.0. The van der Waals surface area contributed by atoms with Gasteiger partial charge >= 0.3 is 0 Å². The minimum Gasteiger partial charge on any atom is -0.352 e. The number of carbonyl (C=O) groups excluding carboxylic acids is 1. The molecule has 0 aliphatic rings. The Balaban J connectivity index is 1.83. The Morgan fingerprint density at radius 2 is 2.00 bits per heavy atom. The highest BCUT2D eigenvalue weighted by molar-refractivity contribution is 5.75. The van der Waals surface area contributed by atoms with Gasteiger partial charge in [-0.2, -0.15) is 10.1 Å². The first-order chi connectivity index (χ1) is 13.0. The Hall–Kier alpha value is -3.36. The fourth-order valence-electron chi connectivity index (χ4n) is 2.28. The van der Waals surface area contributed by atoms with E-state index in [1.807, 2.05) is 13.8 Å². The van der Waals surface area contributed by atoms with Crippen molar-refractivity contribution in [3.8, 4) is 23.0 Å². The highest BCUT2D eigenvalue weighted by atomic mass is 19.1. The van der Waals surface area contributed by atoms with Crippen LogP contribution in [0.25, 0.3) is 23.0 Å². The third kappa shape index (κ3) is 4.43. The van der Waals surface area contributed by atoms with Crippen LogP contribution in [-0.4, -0.2) is 31.9 Å². The van der Waals surface area contributed by atoms with Gasteiger partial charge < -0.3 is 9.84 Å². The van der Waals surface area contributed by atoms with E-state index in [2.05, 4.69) is 20.6 Å². The smallest absolute Gasteiger partial charge is 0.278 e. The van der Waals surface area contributed by atoms with Crippen LogP contribution in [0, 0.1) is 5.82 Å². The normalized spacial score (nSPS) is 12.0. The molecule has 2 aromatic heterocycles. The van der Waals surface area contributed by atoms with Crippen molar-refractivity contribution in [3.63, 3.8) is 0 Å². The molecule has 0 aliphatic carbocycles. The average molecular weight is 371 g/mol. The molecule has 27 heavy (non-hydrogen) atoms. The number of hydrogen-bond donors (Lipinski definition) is 1. The van der Waals surface area contributed by atoms with Crippen LogP contribution in [-0.2, 0) is 11.3 Å². The Morgan fingerprint density at radius 1 is 1.26 bits per heavy atom. The zero-order valence-electron chi connectivity index (χ0n) is 14.8. The van der Waals surface area contributed by atoms with Gasteiger partial charge in [-0.3, -0.25) is 9.59 Å². The number of halogens is 1. The lowest BCUT2D eigenvalue weighted by Crippen LogP contribution is -2.37. The summed E-state index contributed by atoms with van der Waals surface area (Å²) in [6, 6.07) is 8.35. The first kappa shape index (κ1) is 18.4. The molecular formula is C18H18FN5O3. The molecule has 140 valence electrons. The molecule has 0 bridgehead atoms. The number of benzene rings is 1. The third-order valence-corrected chi connectivity index (χ3v) is 3.93. The van der Waals surface area contributed by atoms with Crippen molar-refractivity contribution in [2.75, 3.05) is 0 Å². The third-order valence-electron chi connectivity index (χ3n) is 3.93. The number of amides is 1. The zero-order chi connectivity index (χ0) is 19.4. The van der Waals surface area contributed by atoms with Gasteiger partial charge in [-0.25, -0.2) is 9.07 Å². The lowest BCUT2D eigenvalue weighted by Gasteiger charge is -2.11. The maximum Gasteiger partial charge on any atom is 0.278 e. The van der Waals surface area contributed by atoms with E-state index in [1.165, 1.54) is 36.4 Å². The SMILES string of the molecule is CC[C@H](C)NC(=O)Cn1nc(-c2nc(-c3ccc(F)cc3)no2)ccc1=O. The van der Waals surface area contributed by atoms with Gasteiger partial charge in [-0.05, 0) is 43.7 Å². The summed E-state index contributed by atoms with van der Waals surface area (Å²) in [7, 11) is 0. The largest absolute Gasteiger partial charge is 0.352 e. The number of aromatic nitrogens is 4. The van der Waals surface area contributed by atoms with Crippen LogP contribution in [0.2, 0.25) is 0 Å². The number of rotatable bonds is 6. The van der Waals surface area contributed by atoms with Gasteiger partial charge in [0.1, 0.15) is 18.1 Å². The summed E-state index contributed by atoms with van der Waals surface area (Å²) in [5.41, 5.74) is 0.413. The molecule has 3 aromatic rings. The van der Waals surface area contributed by atoms with Gasteiger partial charge in [-0.1, -0.05) is 12.1 Å². The van der Waals surface area contributed by atoms with E-state index < -0.39 is 5.56 Å². The van der Waals surface area contributed by atoms with Crippen LogP contribution in [0.5, 0.6) is 0 Å². The number of hydrogen-bond acceptors (Lipinski definition) is 6. The quantitative estimate of drug-likeness (QED) is 0.711. The zero-order valence-corrected chi connectivity index (χ0v) is 14.8. The Bertz CT molecular complexity index is 997. The van der Waals surface area contributed by atoms with Crippen molar-refractivity contribution in [3.05, 3.63) is 52.6 Å². The molecule has 1 N–H and O–H groups in total. The van der Waals surface area contributed by atoms with E-state index in [-0.39, 0.29) is 41.7 Å². The fraction of sp³-hybridized carbons (Fsp3) is 0.278. The standard InChI is InChI=1S/C18H18FN5O3/c1-3-11(2)20-15(25)10-24-16(26)9-8-14(22-24)18-21-17(23-27-18)12-4-6-13(19)7-5-12/h4-9,11H,3,10H2,1-2H3,(H,20,25)/t11-/m0/s1. The molecular weight excluding hydrogens is 353 g/mol. The lowest BCUT2D eigenvalue weighted by atomic mass is 10.2. The van der Waals surface area contributed by atoms with Crippen LogP contribution in [0.4, 0.5) is 4.39 Å². The second kappa shape index (κ2) is 7.90. The van der Waals surface area contributed by atoms with E-state index in [0.717, 1.165) is 11.1 Å². The second-order valence-corrected chi connectivity index (χ2v) is 6.02. The minimum atomic E-state index is -0.420. The van der Waals surface area contributed by atoms with Crippen molar-refractivity contribution >= 4 is 5.91 Å². The molecule has 0 saturated carbocycles. The Kier molecular flexibility index (Phi) is 5.39. The van der Waals surface area contributed by atoms with Crippen molar-refractivity contribution in [2.24, 2.45) is 0 Å². The molecule has 8 nitrogen and oxygen atoms in total. The summed E-state index contributed by atoms with van der Waals surface area (Å²) in [4.78, 5) is 28.2. The topological polar surface area (TPSA) is 103 Å². The fourth-order valence-corrected chi connectivity index (χ4v) is 2.28. The molecule has 1 aromatic carbocycles. The van der Waals surface area contributed by atoms with Crippen LogP contribution < -0.4 is 10.9 Å². The van der Waals surface area contributed by atoms with Crippen molar-refractivity contribution < 1.29 is 13.7 Å². The van der Waals surface area contributed by atoms with Crippen molar-refractivity contribution in [2.45, 2.75) is 32.9 Å². The molecule has 0 radical (unpaired) electrons. The predicted molar refractivity (Wildman–Crippen MR) is 95.1 cm³/mol. The first-order valence-electron chi connectivity index (χ1n) is 8.44. The van der Waals surface area contributed by atoms with Crippen molar-refractivity contribution in [1.29, 1.82) is 0 Å². The maximum absolute atomic E-state index is 13.0. The van der Waals surface area contributed by atoms with Gasteiger partial charge in [0.25, 0.3) is 11.4 Å². The van der Waals surface area contributed by atoms with Crippen LogP contribution in [0.1, 0.15) is 20.3 Å². The monoisotopic (exact) mass is 371 g/mol. The molecule has 1 amide bonds. The minimum absolute atomic E-state index is 0.00518. The molecule has 0 saturated heterocycles. The Labute approximate surface area is 154 Å². The molecule has 9 heteroatoms. The first-order valence-corrected chi connectivity index (χ1v) is 8.44. The average Bonchev–Trinajstić information content (AvgIpc) is 3.14. The van der Waals surface area contributed by atoms with Crippen LogP contribution in [0.15, 0.2) is 45.7 Å². The number of nitrogens with zero attached hydrogens (tertiary/aromatic N) is 4. The van der Waals surface area contributed by atoms with Gasteiger partial charge in [-0.15, -0.1) is 0 Å². The summed E-state index contributed by atoms with van der Waals surface area (Å²) < 4.78 is 19.2. The molecule has 0 unspecified atom stereocenters. The molecule has 0 aliphatic heterocycles. The van der Waals surface area contributed by atoms with Gasteiger partial charge in [0.05, 0.1) is 0 Å². The van der Waals surface area contributed by atoms with E-state index in [0.29, 0.717) is 5.56 Å². The van der Waals surface area contributed by atoms with Crippen molar-refractivity contribution in [1.82, 2.24) is 25.2 Å². The van der Waals surface area contributed by atoms with E-state index >= 15 is 0 Å². The lowest BCUT2D eigenvalue weighted by molar-refractivity contribution is -0.122. The summed E-state index contributed by atoms with van der Waals surface area (Å²) in [6.45, 7) is 3.61. The predicted octanol–water partition coefficient (Wildman–Crippen LogP) is 2.01. The van der Waals surface area contributed by atoms with E-state index in [4.69, 9.17) is 4.52 Å². The van der Waals surface area contributed by atoms with Gasteiger partial charge in [0, 0.05) is 17.7 Å². The van der Waals surface area contributed by atoms with E-state index in [1.54, 1.807) is 0 Å². The van der Waals surface area contributed by atoms with E-state index in [9.17, 15) is 14.0 Å². The van der Waals surface area contributed by atoms with Gasteiger partial charge in [0.15, 0.2) is 0 Å². The molecule has 3 rings (SSSR count). The van der Waals surface area contributed by atoms with Crippen LogP contribution in [0.3, 0.4) is 0 Å². The Morgan fingerprint density at radius 3 is 2.70 bits per heavy atom. The summed E-state index contributed by atoms with van der Waals surface area (Å²) in [6.07, 6.45) is 0.780. The summed E-state index contributed by atoms with van der Waals surface area (Å²) >= 11 is 0. The number of carbonyl (C=O) groups is 1. The highest BCUT2D eigenvalue weighted by Gasteiger charge is 2.15. The molecule has 0 spiro atoms. The molecule has 2 heterocycles. The number of nitrogens with one attached hydrogen (secondary N) is 1. The second-order valence-electron chi connectivity index (χ2n) is 6.02. The highest BCUT2D eigenvalue weighted by Crippen LogP contribution is 2.20. The van der Waals surface area contributed by atoms with Gasteiger partial charge in [0.2, 0.25) is 11.7 Å².